The van der Waals surface area contributed by atoms with E-state index in [0.717, 1.165) is 29.8 Å². The minimum Gasteiger partial charge on any atom is -0.352 e. The first-order valence-electron chi connectivity index (χ1n) is 9.03. The van der Waals surface area contributed by atoms with Crippen molar-refractivity contribution in [2.45, 2.75) is 33.2 Å². The fraction of sp³-hybridized carbons (Fsp3) is 0.333. The number of nitrogens with one attached hydrogen (secondary N) is 1. The summed E-state index contributed by atoms with van der Waals surface area (Å²) < 4.78 is 2.27. The third-order valence-electron chi connectivity index (χ3n) is 4.42. The molecule has 0 saturated heterocycles. The van der Waals surface area contributed by atoms with Gasteiger partial charge in [-0.2, -0.15) is 0 Å². The zero-order chi connectivity index (χ0) is 18.5. The Labute approximate surface area is 159 Å². The number of carbonyl (C=O) groups is 1. The molecule has 26 heavy (non-hydrogen) atoms. The molecule has 136 valence electrons. The van der Waals surface area contributed by atoms with E-state index in [2.05, 4.69) is 29.8 Å². The first kappa shape index (κ1) is 18.5. The summed E-state index contributed by atoms with van der Waals surface area (Å²) in [6.45, 7) is 5.91. The lowest BCUT2D eigenvalue weighted by atomic mass is 10.1. The number of hydrogen-bond donors (Lipinski definition) is 1. The van der Waals surface area contributed by atoms with Gasteiger partial charge in [0.15, 0.2) is 0 Å². The van der Waals surface area contributed by atoms with Gasteiger partial charge < -0.3 is 9.88 Å². The van der Waals surface area contributed by atoms with Crippen molar-refractivity contribution in [3.63, 3.8) is 0 Å². The van der Waals surface area contributed by atoms with Crippen molar-refractivity contribution in [2.75, 3.05) is 6.54 Å². The number of amides is 1. The fourth-order valence-corrected chi connectivity index (χ4v) is 3.20. The number of fused-ring (bicyclic) bond motifs is 1. The third kappa shape index (κ3) is 4.25. The van der Waals surface area contributed by atoms with Crippen LogP contribution in [0.15, 0.2) is 48.5 Å². The van der Waals surface area contributed by atoms with Crippen molar-refractivity contribution >= 4 is 28.5 Å². The molecule has 1 heterocycles. The van der Waals surface area contributed by atoms with Gasteiger partial charge in [-0.3, -0.25) is 4.79 Å². The van der Waals surface area contributed by atoms with Crippen LogP contribution in [-0.4, -0.2) is 22.0 Å². The van der Waals surface area contributed by atoms with Gasteiger partial charge in [0.2, 0.25) is 0 Å². The van der Waals surface area contributed by atoms with Crippen molar-refractivity contribution in [1.29, 1.82) is 0 Å². The molecule has 0 aliphatic heterocycles. The predicted molar refractivity (Wildman–Crippen MR) is 107 cm³/mol. The average molecular weight is 370 g/mol. The summed E-state index contributed by atoms with van der Waals surface area (Å²) in [7, 11) is 0. The number of hydrogen-bond acceptors (Lipinski definition) is 2. The molecule has 1 amide bonds. The first-order valence-corrected chi connectivity index (χ1v) is 9.41. The number of aromatic nitrogens is 2. The number of rotatable bonds is 7. The maximum atomic E-state index is 12.3. The van der Waals surface area contributed by atoms with Gasteiger partial charge in [-0.15, -0.1) is 0 Å². The highest BCUT2D eigenvalue weighted by Gasteiger charge is 2.13. The molecule has 1 N–H and O–H groups in total. The second-order valence-corrected chi connectivity index (χ2v) is 7.24. The van der Waals surface area contributed by atoms with Gasteiger partial charge in [0, 0.05) is 19.5 Å². The fourth-order valence-electron chi connectivity index (χ4n) is 2.98. The molecular weight excluding hydrogens is 346 g/mol. The van der Waals surface area contributed by atoms with Crippen molar-refractivity contribution in [3.05, 3.63) is 64.9 Å². The highest BCUT2D eigenvalue weighted by molar-refractivity contribution is 6.33. The van der Waals surface area contributed by atoms with Crippen molar-refractivity contribution in [1.82, 2.24) is 14.9 Å². The molecule has 3 aromatic rings. The third-order valence-corrected chi connectivity index (χ3v) is 4.75. The van der Waals surface area contributed by atoms with Crippen LogP contribution in [0.1, 0.15) is 36.5 Å². The summed E-state index contributed by atoms with van der Waals surface area (Å²) in [5.74, 6) is 1.48. The van der Waals surface area contributed by atoms with Crippen molar-refractivity contribution < 1.29 is 4.79 Å². The minimum absolute atomic E-state index is 0.152. The lowest BCUT2D eigenvalue weighted by Gasteiger charge is -2.11. The van der Waals surface area contributed by atoms with Gasteiger partial charge in [-0.05, 0) is 36.6 Å². The zero-order valence-electron chi connectivity index (χ0n) is 15.2. The second kappa shape index (κ2) is 8.37. The van der Waals surface area contributed by atoms with Gasteiger partial charge >= 0.3 is 0 Å². The number of carbonyl (C=O) groups excluding carboxylic acids is 1. The Bertz CT molecular complexity index is 901. The minimum atomic E-state index is -0.152. The van der Waals surface area contributed by atoms with E-state index in [1.54, 1.807) is 12.1 Å². The SMILES string of the molecule is CC(C)CCn1c(CCNC(=O)c2ccccc2Cl)nc2ccccc21. The molecule has 0 aliphatic carbocycles. The molecule has 2 aromatic carbocycles. The number of halogens is 1. The average Bonchev–Trinajstić information content (AvgIpc) is 2.97. The standard InChI is InChI=1S/C21H24ClN3O/c1-15(2)12-14-25-19-10-6-5-9-18(19)24-20(25)11-13-23-21(26)16-7-3-4-8-17(16)22/h3-10,15H,11-14H2,1-2H3,(H,23,26). The Kier molecular flexibility index (Phi) is 5.94. The second-order valence-electron chi connectivity index (χ2n) is 6.84. The number of nitrogens with zero attached hydrogens (tertiary/aromatic N) is 2. The van der Waals surface area contributed by atoms with Gasteiger partial charge in [0.05, 0.1) is 21.6 Å². The zero-order valence-corrected chi connectivity index (χ0v) is 16.0. The number of para-hydroxylation sites is 2. The van der Waals surface area contributed by atoms with Crippen LogP contribution in [0, 0.1) is 5.92 Å². The Morgan fingerprint density at radius 2 is 1.88 bits per heavy atom. The monoisotopic (exact) mass is 369 g/mol. The summed E-state index contributed by atoms with van der Waals surface area (Å²) in [5, 5.41) is 3.41. The van der Waals surface area contributed by atoms with Crippen LogP contribution in [0.4, 0.5) is 0 Å². The molecule has 0 bridgehead atoms. The van der Waals surface area contributed by atoms with Crippen LogP contribution in [-0.2, 0) is 13.0 Å². The highest BCUT2D eigenvalue weighted by atomic mass is 35.5. The summed E-state index contributed by atoms with van der Waals surface area (Å²) >= 11 is 6.09. The number of aryl methyl sites for hydroxylation is 1. The van der Waals surface area contributed by atoms with Gasteiger partial charge in [-0.25, -0.2) is 4.98 Å². The molecule has 0 atom stereocenters. The Morgan fingerprint density at radius 1 is 1.15 bits per heavy atom. The molecule has 4 nitrogen and oxygen atoms in total. The Balaban J connectivity index is 1.71. The van der Waals surface area contributed by atoms with Crippen LogP contribution in [0.3, 0.4) is 0 Å². The maximum absolute atomic E-state index is 12.3. The quantitative estimate of drug-likeness (QED) is 0.655. The summed E-state index contributed by atoms with van der Waals surface area (Å²) in [6.07, 6.45) is 1.78. The van der Waals surface area contributed by atoms with E-state index in [1.807, 2.05) is 30.3 Å². The molecule has 0 aliphatic rings. The normalized spacial score (nSPS) is 11.2. The largest absolute Gasteiger partial charge is 0.352 e. The summed E-state index contributed by atoms with van der Waals surface area (Å²) in [4.78, 5) is 17.1. The topological polar surface area (TPSA) is 46.9 Å². The van der Waals surface area contributed by atoms with E-state index in [-0.39, 0.29) is 5.91 Å². The summed E-state index contributed by atoms with van der Waals surface area (Å²) in [5.41, 5.74) is 2.66. The van der Waals surface area contributed by atoms with Gasteiger partial charge in [0.1, 0.15) is 5.82 Å². The Morgan fingerprint density at radius 3 is 2.65 bits per heavy atom. The van der Waals surface area contributed by atoms with Crippen molar-refractivity contribution in [2.24, 2.45) is 5.92 Å². The molecule has 5 heteroatoms. The molecule has 0 unspecified atom stereocenters. The van der Waals surface area contributed by atoms with E-state index in [9.17, 15) is 4.79 Å². The lowest BCUT2D eigenvalue weighted by molar-refractivity contribution is 0.0954. The van der Waals surface area contributed by atoms with Crippen LogP contribution in [0.5, 0.6) is 0 Å². The van der Waals surface area contributed by atoms with Crippen LogP contribution in [0.25, 0.3) is 11.0 Å². The lowest BCUT2D eigenvalue weighted by Crippen LogP contribution is -2.26. The smallest absolute Gasteiger partial charge is 0.252 e. The molecule has 0 saturated carbocycles. The molecule has 0 fully saturated rings. The van der Waals surface area contributed by atoms with E-state index in [4.69, 9.17) is 16.6 Å². The number of benzene rings is 2. The van der Waals surface area contributed by atoms with E-state index in [0.29, 0.717) is 29.5 Å². The molecular formula is C21H24ClN3O. The van der Waals surface area contributed by atoms with Crippen LogP contribution in [0.2, 0.25) is 5.02 Å². The number of imidazole rings is 1. The van der Waals surface area contributed by atoms with E-state index >= 15 is 0 Å². The highest BCUT2D eigenvalue weighted by Crippen LogP contribution is 2.18. The maximum Gasteiger partial charge on any atom is 0.252 e. The predicted octanol–water partition coefficient (Wildman–Crippen LogP) is 4.71. The molecule has 3 rings (SSSR count). The van der Waals surface area contributed by atoms with Gasteiger partial charge in [-0.1, -0.05) is 49.7 Å². The van der Waals surface area contributed by atoms with Gasteiger partial charge in [0.25, 0.3) is 5.91 Å². The summed E-state index contributed by atoms with van der Waals surface area (Å²) in [6, 6.07) is 15.3. The van der Waals surface area contributed by atoms with Crippen LogP contribution < -0.4 is 5.32 Å². The Hall–Kier alpha value is -2.33. The molecule has 0 radical (unpaired) electrons. The van der Waals surface area contributed by atoms with Crippen LogP contribution >= 0.6 is 11.6 Å². The van der Waals surface area contributed by atoms with E-state index in [1.165, 1.54) is 0 Å². The molecule has 1 aromatic heterocycles. The molecule has 0 spiro atoms. The first-order chi connectivity index (χ1) is 12.6. The van der Waals surface area contributed by atoms with Crippen molar-refractivity contribution in [3.8, 4) is 0 Å². The van der Waals surface area contributed by atoms with E-state index < -0.39 is 0 Å².